The van der Waals surface area contributed by atoms with Crippen LogP contribution in [0.15, 0.2) is 27.3 Å². The zero-order chi connectivity index (χ0) is 13.0. The summed E-state index contributed by atoms with van der Waals surface area (Å²) in [4.78, 5) is 4.63. The molecular formula is C12H10BrN5O. The van der Waals surface area contributed by atoms with E-state index in [4.69, 9.17) is 5.73 Å². The van der Waals surface area contributed by atoms with E-state index in [0.29, 0.717) is 11.7 Å². The van der Waals surface area contributed by atoms with Crippen LogP contribution < -0.4 is 5.73 Å². The van der Waals surface area contributed by atoms with Gasteiger partial charge in [0.1, 0.15) is 0 Å². The summed E-state index contributed by atoms with van der Waals surface area (Å²) in [5, 5.41) is 7.50. The molecule has 6 nitrogen and oxygen atoms in total. The highest BCUT2D eigenvalue weighted by atomic mass is 79.9. The van der Waals surface area contributed by atoms with E-state index >= 15 is 0 Å². The van der Waals surface area contributed by atoms with Crippen molar-refractivity contribution in [1.29, 1.82) is 0 Å². The van der Waals surface area contributed by atoms with Crippen molar-refractivity contribution in [2.75, 3.05) is 5.73 Å². The Hall–Kier alpha value is -1.89. The largest absolute Gasteiger partial charge is 0.379 e. The number of fused-ring (bicyclic) bond motifs is 1. The maximum absolute atomic E-state index is 5.78. The Morgan fingerprint density at radius 3 is 2.84 bits per heavy atom. The summed E-state index contributed by atoms with van der Waals surface area (Å²) in [5.74, 6) is 1.01. The van der Waals surface area contributed by atoms with Gasteiger partial charge < -0.3 is 10.3 Å². The van der Waals surface area contributed by atoms with Crippen LogP contribution in [0.4, 0.5) is 5.82 Å². The average molecular weight is 320 g/mol. The quantitative estimate of drug-likeness (QED) is 0.785. The van der Waals surface area contributed by atoms with Crippen LogP contribution >= 0.6 is 15.9 Å². The smallest absolute Gasteiger partial charge is 0.199 e. The number of nitrogen functional groups attached to an aromatic ring is 1. The standard InChI is InChI=1S/C12H10BrN5O/c13-6-1-4-9-8(5-6)15-12(18(9)7-2-3-7)10-11(14)17-19-16-10/h1,4-5,7H,2-3H2,(H2,14,17). The van der Waals surface area contributed by atoms with Gasteiger partial charge in [-0.25, -0.2) is 9.61 Å². The number of anilines is 1. The lowest BCUT2D eigenvalue weighted by atomic mass is 10.3. The van der Waals surface area contributed by atoms with Crippen molar-refractivity contribution in [3.8, 4) is 11.5 Å². The van der Waals surface area contributed by atoms with Crippen LogP contribution in [0.2, 0.25) is 0 Å². The molecule has 1 aliphatic rings. The summed E-state index contributed by atoms with van der Waals surface area (Å²) < 4.78 is 7.86. The molecule has 1 saturated carbocycles. The molecule has 0 radical (unpaired) electrons. The summed E-state index contributed by atoms with van der Waals surface area (Å²) in [6.45, 7) is 0. The molecule has 4 rings (SSSR count). The molecule has 2 N–H and O–H groups in total. The van der Waals surface area contributed by atoms with Gasteiger partial charge in [-0.05, 0) is 41.4 Å². The minimum Gasteiger partial charge on any atom is -0.379 e. The van der Waals surface area contributed by atoms with Gasteiger partial charge in [-0.1, -0.05) is 15.9 Å². The fourth-order valence-electron chi connectivity index (χ4n) is 2.29. The Labute approximate surface area is 116 Å². The number of halogens is 1. The molecule has 0 aliphatic heterocycles. The molecule has 1 aliphatic carbocycles. The number of aromatic nitrogens is 4. The topological polar surface area (TPSA) is 82.8 Å². The predicted octanol–water partition coefficient (Wildman–Crippen LogP) is 2.77. The number of hydrogen-bond donors (Lipinski definition) is 1. The number of imidazole rings is 1. The van der Waals surface area contributed by atoms with E-state index in [1.807, 2.05) is 12.1 Å². The van der Waals surface area contributed by atoms with E-state index in [2.05, 4.69) is 46.5 Å². The summed E-state index contributed by atoms with van der Waals surface area (Å²) in [7, 11) is 0. The van der Waals surface area contributed by atoms with Crippen LogP contribution in [0.3, 0.4) is 0 Å². The Balaban J connectivity index is 2.04. The Kier molecular flexibility index (Phi) is 2.20. The molecule has 3 aromatic rings. The van der Waals surface area contributed by atoms with E-state index in [1.54, 1.807) is 0 Å². The first-order chi connectivity index (χ1) is 9.24. The maximum atomic E-state index is 5.78. The van der Waals surface area contributed by atoms with Gasteiger partial charge in [0.2, 0.25) is 0 Å². The summed E-state index contributed by atoms with van der Waals surface area (Å²) in [6, 6.07) is 6.52. The fraction of sp³-hybridized carbons (Fsp3) is 0.250. The minimum absolute atomic E-state index is 0.274. The van der Waals surface area contributed by atoms with E-state index in [1.165, 1.54) is 0 Å². The van der Waals surface area contributed by atoms with Gasteiger partial charge >= 0.3 is 0 Å². The summed E-state index contributed by atoms with van der Waals surface area (Å²) >= 11 is 3.46. The number of nitrogens with two attached hydrogens (primary N) is 1. The highest BCUT2D eigenvalue weighted by molar-refractivity contribution is 9.10. The third kappa shape index (κ3) is 1.65. The molecule has 0 saturated heterocycles. The van der Waals surface area contributed by atoms with Crippen LogP contribution in [-0.4, -0.2) is 19.9 Å². The lowest BCUT2D eigenvalue weighted by molar-refractivity contribution is 0.310. The lowest BCUT2D eigenvalue weighted by Gasteiger charge is -2.05. The van der Waals surface area contributed by atoms with Gasteiger partial charge in [0.25, 0.3) is 0 Å². The van der Waals surface area contributed by atoms with Crippen molar-refractivity contribution >= 4 is 32.8 Å². The van der Waals surface area contributed by atoms with Gasteiger partial charge in [0, 0.05) is 10.5 Å². The van der Waals surface area contributed by atoms with Gasteiger partial charge in [-0.2, -0.15) is 0 Å². The number of rotatable bonds is 2. The molecule has 96 valence electrons. The highest BCUT2D eigenvalue weighted by Crippen LogP contribution is 2.41. The number of nitrogens with zero attached hydrogens (tertiary/aromatic N) is 4. The van der Waals surface area contributed by atoms with Crippen molar-refractivity contribution in [2.24, 2.45) is 0 Å². The number of hydrogen-bond acceptors (Lipinski definition) is 5. The SMILES string of the molecule is Nc1nonc1-c1nc2cc(Br)ccc2n1C1CC1. The molecule has 1 aromatic carbocycles. The third-order valence-corrected chi connectivity index (χ3v) is 3.78. The minimum atomic E-state index is 0.274. The molecular weight excluding hydrogens is 310 g/mol. The molecule has 0 spiro atoms. The van der Waals surface area contributed by atoms with E-state index in [9.17, 15) is 0 Å². The second-order valence-electron chi connectivity index (χ2n) is 4.67. The molecule has 2 aromatic heterocycles. The van der Waals surface area contributed by atoms with E-state index < -0.39 is 0 Å². The van der Waals surface area contributed by atoms with Crippen LogP contribution in [0, 0.1) is 0 Å². The maximum Gasteiger partial charge on any atom is 0.199 e. The molecule has 0 amide bonds. The monoisotopic (exact) mass is 319 g/mol. The predicted molar refractivity (Wildman–Crippen MR) is 73.4 cm³/mol. The van der Waals surface area contributed by atoms with E-state index in [-0.39, 0.29) is 5.82 Å². The Morgan fingerprint density at radius 1 is 1.32 bits per heavy atom. The first-order valence-corrected chi connectivity index (χ1v) is 6.79. The first kappa shape index (κ1) is 11.0. The molecule has 0 atom stereocenters. The van der Waals surface area contributed by atoms with Crippen molar-refractivity contribution in [3.05, 3.63) is 22.7 Å². The van der Waals surface area contributed by atoms with Gasteiger partial charge in [-0.3, -0.25) is 0 Å². The summed E-state index contributed by atoms with van der Waals surface area (Å²) in [5.41, 5.74) is 8.30. The van der Waals surface area contributed by atoms with E-state index in [0.717, 1.165) is 34.2 Å². The second kappa shape index (κ2) is 3.80. The molecule has 7 heteroatoms. The normalized spacial score (nSPS) is 15.2. The zero-order valence-corrected chi connectivity index (χ0v) is 11.5. The number of benzene rings is 1. The van der Waals surface area contributed by atoms with Gasteiger partial charge in [-0.15, -0.1) is 0 Å². The molecule has 19 heavy (non-hydrogen) atoms. The van der Waals surface area contributed by atoms with Crippen LogP contribution in [0.25, 0.3) is 22.6 Å². The molecule has 2 heterocycles. The molecule has 0 bridgehead atoms. The van der Waals surface area contributed by atoms with Crippen LogP contribution in [0.1, 0.15) is 18.9 Å². The molecule has 0 unspecified atom stereocenters. The van der Waals surface area contributed by atoms with Crippen LogP contribution in [-0.2, 0) is 0 Å². The second-order valence-corrected chi connectivity index (χ2v) is 5.58. The first-order valence-electron chi connectivity index (χ1n) is 6.00. The highest BCUT2D eigenvalue weighted by Gasteiger charge is 2.30. The van der Waals surface area contributed by atoms with Crippen LogP contribution in [0.5, 0.6) is 0 Å². The molecule has 1 fully saturated rings. The van der Waals surface area contributed by atoms with Gasteiger partial charge in [0.05, 0.1) is 11.0 Å². The van der Waals surface area contributed by atoms with Crippen molar-refractivity contribution in [2.45, 2.75) is 18.9 Å². The van der Waals surface area contributed by atoms with Gasteiger partial charge in [0.15, 0.2) is 17.3 Å². The lowest BCUT2D eigenvalue weighted by Crippen LogP contribution is -1.99. The fourth-order valence-corrected chi connectivity index (χ4v) is 2.64. The Bertz CT molecular complexity index is 774. The van der Waals surface area contributed by atoms with Crippen molar-refractivity contribution < 1.29 is 4.63 Å². The third-order valence-electron chi connectivity index (χ3n) is 3.29. The average Bonchev–Trinajstić information content (AvgIpc) is 3.03. The van der Waals surface area contributed by atoms with Crippen molar-refractivity contribution in [1.82, 2.24) is 19.9 Å². The summed E-state index contributed by atoms with van der Waals surface area (Å²) in [6.07, 6.45) is 2.30. The Morgan fingerprint density at radius 2 is 2.16 bits per heavy atom. The van der Waals surface area contributed by atoms with Crippen molar-refractivity contribution in [3.63, 3.8) is 0 Å². The zero-order valence-electron chi connectivity index (χ0n) is 9.88.